The van der Waals surface area contributed by atoms with Crippen molar-refractivity contribution in [2.45, 2.75) is 13.5 Å². The number of methoxy groups -OCH3 is 1. The second-order valence-electron chi connectivity index (χ2n) is 5.78. The molecule has 0 unspecified atom stereocenters. The van der Waals surface area contributed by atoms with Crippen molar-refractivity contribution in [1.29, 1.82) is 0 Å². The summed E-state index contributed by atoms with van der Waals surface area (Å²) < 4.78 is 6.41. The van der Waals surface area contributed by atoms with E-state index in [-0.39, 0.29) is 18.0 Å². The first-order valence-corrected chi connectivity index (χ1v) is 8.16. The van der Waals surface area contributed by atoms with Crippen LogP contribution in [0.15, 0.2) is 52.1 Å². The number of nitrogens with zero attached hydrogens (tertiary/aromatic N) is 2. The van der Waals surface area contributed by atoms with Crippen LogP contribution in [0.1, 0.15) is 17.3 Å². The Hall–Kier alpha value is -3.35. The maximum atomic E-state index is 12.8. The van der Waals surface area contributed by atoms with Crippen LogP contribution in [0, 0.1) is 0 Å². The zero-order valence-electron chi connectivity index (χ0n) is 14.8. The predicted octanol–water partition coefficient (Wildman–Crippen LogP) is 1.99. The number of nitrogens with one attached hydrogen (secondary N) is 1. The zero-order chi connectivity index (χ0) is 18.8. The number of aromatic nitrogens is 2. The van der Waals surface area contributed by atoms with Gasteiger partial charge in [-0.25, -0.2) is 4.79 Å². The Morgan fingerprint density at radius 2 is 1.92 bits per heavy atom. The third kappa shape index (κ3) is 2.88. The second kappa shape index (κ2) is 6.87. The summed E-state index contributed by atoms with van der Waals surface area (Å²) in [5, 5.41) is 0.364. The molecule has 0 aliphatic carbocycles. The van der Waals surface area contributed by atoms with Gasteiger partial charge in [-0.05, 0) is 37.3 Å². The van der Waals surface area contributed by atoms with E-state index < -0.39 is 5.69 Å². The summed E-state index contributed by atoms with van der Waals surface area (Å²) in [6.45, 7) is 2.00. The molecule has 0 aliphatic heterocycles. The van der Waals surface area contributed by atoms with Gasteiger partial charge in [-0.1, -0.05) is 12.1 Å². The molecule has 3 aromatic rings. The zero-order valence-corrected chi connectivity index (χ0v) is 14.8. The van der Waals surface area contributed by atoms with Crippen LogP contribution in [0.4, 0.5) is 5.69 Å². The SMILES string of the molecule is CCn1c(=O)[nH]c2cc(C(=O)N(C)c3ccccc3OC)ccc2c1=O. The van der Waals surface area contributed by atoms with Crippen molar-refractivity contribution >= 4 is 22.5 Å². The fraction of sp³-hybridized carbons (Fsp3) is 0.211. The van der Waals surface area contributed by atoms with Gasteiger partial charge < -0.3 is 14.6 Å². The van der Waals surface area contributed by atoms with E-state index >= 15 is 0 Å². The Bertz CT molecular complexity index is 1100. The fourth-order valence-electron chi connectivity index (χ4n) is 2.88. The molecule has 0 radical (unpaired) electrons. The smallest absolute Gasteiger partial charge is 0.328 e. The van der Waals surface area contributed by atoms with Crippen molar-refractivity contribution in [3.05, 3.63) is 68.9 Å². The highest BCUT2D eigenvalue weighted by Crippen LogP contribution is 2.27. The number of carbonyl (C=O) groups is 1. The van der Waals surface area contributed by atoms with E-state index in [9.17, 15) is 14.4 Å². The number of para-hydroxylation sites is 2. The van der Waals surface area contributed by atoms with Gasteiger partial charge in [0.25, 0.3) is 11.5 Å². The molecular formula is C19H19N3O4. The highest BCUT2D eigenvalue weighted by atomic mass is 16.5. The van der Waals surface area contributed by atoms with E-state index in [1.807, 2.05) is 12.1 Å². The van der Waals surface area contributed by atoms with Crippen LogP contribution in [-0.2, 0) is 6.54 Å². The molecule has 0 aliphatic rings. The van der Waals surface area contributed by atoms with Gasteiger partial charge in [-0.3, -0.25) is 14.2 Å². The molecule has 1 heterocycles. The first-order valence-electron chi connectivity index (χ1n) is 8.16. The molecular weight excluding hydrogens is 334 g/mol. The summed E-state index contributed by atoms with van der Waals surface area (Å²) in [5.74, 6) is 0.292. The summed E-state index contributed by atoms with van der Waals surface area (Å²) in [4.78, 5) is 41.3. The average Bonchev–Trinajstić information content (AvgIpc) is 2.66. The van der Waals surface area contributed by atoms with Gasteiger partial charge in [0.15, 0.2) is 0 Å². The maximum absolute atomic E-state index is 12.8. The summed E-state index contributed by atoms with van der Waals surface area (Å²) in [7, 11) is 3.18. The molecule has 134 valence electrons. The van der Waals surface area contributed by atoms with Crippen LogP contribution in [-0.4, -0.2) is 29.6 Å². The number of hydrogen-bond acceptors (Lipinski definition) is 4. The number of ether oxygens (including phenoxy) is 1. The van der Waals surface area contributed by atoms with Gasteiger partial charge in [0.05, 0.1) is 23.7 Å². The van der Waals surface area contributed by atoms with Crippen molar-refractivity contribution in [3.8, 4) is 5.75 Å². The molecule has 7 nitrogen and oxygen atoms in total. The Kier molecular flexibility index (Phi) is 4.62. The lowest BCUT2D eigenvalue weighted by Gasteiger charge is -2.20. The quantitative estimate of drug-likeness (QED) is 0.777. The molecule has 0 bridgehead atoms. The molecule has 1 aromatic heterocycles. The number of rotatable bonds is 4. The lowest BCUT2D eigenvalue weighted by molar-refractivity contribution is 0.0992. The van der Waals surface area contributed by atoms with Crippen molar-refractivity contribution in [1.82, 2.24) is 9.55 Å². The molecule has 0 atom stereocenters. The predicted molar refractivity (Wildman–Crippen MR) is 100 cm³/mol. The number of benzene rings is 2. The van der Waals surface area contributed by atoms with Gasteiger partial charge in [0.2, 0.25) is 0 Å². The van der Waals surface area contributed by atoms with E-state index in [0.29, 0.717) is 27.9 Å². The summed E-state index contributed by atoms with van der Waals surface area (Å²) in [5.41, 5.74) is 0.449. The Morgan fingerprint density at radius 3 is 2.62 bits per heavy atom. The standard InChI is InChI=1S/C19H19N3O4/c1-4-22-18(24)13-10-9-12(11-14(13)20-19(22)25)17(23)21(2)15-7-5-6-8-16(15)26-3/h5-11H,4H2,1-3H3,(H,20,25). The number of hydrogen-bond donors (Lipinski definition) is 1. The largest absolute Gasteiger partial charge is 0.495 e. The Labute approximate surface area is 149 Å². The number of anilines is 1. The first-order chi connectivity index (χ1) is 12.5. The third-order valence-electron chi connectivity index (χ3n) is 4.30. The second-order valence-corrected chi connectivity index (χ2v) is 5.78. The van der Waals surface area contributed by atoms with E-state index in [0.717, 1.165) is 4.57 Å². The van der Waals surface area contributed by atoms with E-state index in [1.165, 1.54) is 18.1 Å². The van der Waals surface area contributed by atoms with Crippen molar-refractivity contribution < 1.29 is 9.53 Å². The van der Waals surface area contributed by atoms with Gasteiger partial charge in [-0.15, -0.1) is 0 Å². The molecule has 1 amide bonds. The minimum Gasteiger partial charge on any atom is -0.495 e. The lowest BCUT2D eigenvalue weighted by atomic mass is 10.1. The summed E-state index contributed by atoms with van der Waals surface area (Å²) in [6.07, 6.45) is 0. The van der Waals surface area contributed by atoms with Gasteiger partial charge in [0.1, 0.15) is 5.75 Å². The first kappa shape index (κ1) is 17.5. The lowest BCUT2D eigenvalue weighted by Crippen LogP contribution is -2.34. The van der Waals surface area contributed by atoms with Crippen LogP contribution in [0.25, 0.3) is 10.9 Å². The Morgan fingerprint density at radius 1 is 1.19 bits per heavy atom. The molecule has 0 fully saturated rings. The molecule has 0 saturated carbocycles. The van der Waals surface area contributed by atoms with Crippen LogP contribution in [0.5, 0.6) is 5.75 Å². The fourth-order valence-corrected chi connectivity index (χ4v) is 2.88. The minimum atomic E-state index is -0.493. The van der Waals surface area contributed by atoms with E-state index in [2.05, 4.69) is 4.98 Å². The Balaban J connectivity index is 2.06. The number of carbonyl (C=O) groups excluding carboxylic acids is 1. The summed E-state index contributed by atoms with van der Waals surface area (Å²) in [6, 6.07) is 11.8. The van der Waals surface area contributed by atoms with Crippen molar-refractivity contribution in [2.75, 3.05) is 19.1 Å². The van der Waals surface area contributed by atoms with E-state index in [1.54, 1.807) is 38.2 Å². The number of H-pyrrole nitrogens is 1. The molecule has 7 heteroatoms. The normalized spacial score (nSPS) is 10.7. The highest BCUT2D eigenvalue weighted by Gasteiger charge is 2.18. The van der Waals surface area contributed by atoms with Gasteiger partial charge >= 0.3 is 5.69 Å². The van der Waals surface area contributed by atoms with Crippen LogP contribution < -0.4 is 20.9 Å². The average molecular weight is 353 g/mol. The molecule has 1 N–H and O–H groups in total. The number of fused-ring (bicyclic) bond motifs is 1. The minimum absolute atomic E-state index is 0.279. The number of amides is 1. The van der Waals surface area contributed by atoms with Crippen molar-refractivity contribution in [3.63, 3.8) is 0 Å². The highest BCUT2D eigenvalue weighted by molar-refractivity contribution is 6.08. The molecule has 3 rings (SSSR count). The van der Waals surface area contributed by atoms with Crippen molar-refractivity contribution in [2.24, 2.45) is 0 Å². The molecule has 0 spiro atoms. The molecule has 26 heavy (non-hydrogen) atoms. The van der Waals surface area contributed by atoms with Gasteiger partial charge in [-0.2, -0.15) is 0 Å². The number of aromatic amines is 1. The van der Waals surface area contributed by atoms with E-state index in [4.69, 9.17) is 4.74 Å². The monoisotopic (exact) mass is 353 g/mol. The van der Waals surface area contributed by atoms with Crippen LogP contribution in [0.2, 0.25) is 0 Å². The van der Waals surface area contributed by atoms with Gasteiger partial charge in [0, 0.05) is 19.2 Å². The maximum Gasteiger partial charge on any atom is 0.328 e. The molecule has 2 aromatic carbocycles. The summed E-state index contributed by atoms with van der Waals surface area (Å²) >= 11 is 0. The third-order valence-corrected chi connectivity index (χ3v) is 4.30. The van der Waals surface area contributed by atoms with Crippen LogP contribution >= 0.6 is 0 Å². The topological polar surface area (TPSA) is 84.4 Å². The van der Waals surface area contributed by atoms with Crippen LogP contribution in [0.3, 0.4) is 0 Å². The molecule has 0 saturated heterocycles.